The zero-order chi connectivity index (χ0) is 34.7. The van der Waals surface area contributed by atoms with E-state index in [1.165, 1.54) is 36.9 Å². The molecule has 0 aliphatic carbocycles. The number of carbonyl (C=O) groups is 1. The van der Waals surface area contributed by atoms with Crippen molar-refractivity contribution in [3.63, 3.8) is 0 Å². The SMILES string of the molecule is O=C(Nc1ccc(F)cc1N1CCN(c2ccc(OC[C@H]3CO[C@@](Cn4cncn4)(c4ccc(F)cc4F)C3)c(Cl)c2)CC1)c1ccccc1. The molecule has 0 bridgehead atoms. The summed E-state index contributed by atoms with van der Waals surface area (Å²) < 4.78 is 57.0. The quantitative estimate of drug-likeness (QED) is 0.169. The molecule has 1 amide bonds. The van der Waals surface area contributed by atoms with Gasteiger partial charge in [-0.25, -0.2) is 22.8 Å². The van der Waals surface area contributed by atoms with Crippen LogP contribution in [0.4, 0.5) is 30.2 Å². The first-order valence-corrected chi connectivity index (χ1v) is 16.6. The Balaban J connectivity index is 0.973. The van der Waals surface area contributed by atoms with Crippen molar-refractivity contribution in [1.29, 1.82) is 0 Å². The summed E-state index contributed by atoms with van der Waals surface area (Å²) in [7, 11) is 0. The molecule has 2 saturated heterocycles. The van der Waals surface area contributed by atoms with Gasteiger partial charge in [-0.3, -0.25) is 4.79 Å². The first kappa shape index (κ1) is 33.4. The van der Waals surface area contributed by atoms with Crippen LogP contribution in [0.15, 0.2) is 97.6 Å². The van der Waals surface area contributed by atoms with Crippen molar-refractivity contribution >= 4 is 34.6 Å². The molecule has 0 saturated carbocycles. The van der Waals surface area contributed by atoms with Crippen LogP contribution in [0.1, 0.15) is 22.3 Å². The second-order valence-electron chi connectivity index (χ2n) is 12.5. The molecular weight excluding hydrogens is 669 g/mol. The number of carbonyl (C=O) groups excluding carboxylic acids is 1. The Morgan fingerprint density at radius 3 is 2.44 bits per heavy atom. The van der Waals surface area contributed by atoms with Gasteiger partial charge < -0.3 is 24.6 Å². The van der Waals surface area contributed by atoms with Gasteiger partial charge in [0.2, 0.25) is 0 Å². The molecule has 2 fully saturated rings. The van der Waals surface area contributed by atoms with Crippen LogP contribution in [0.25, 0.3) is 0 Å². The van der Waals surface area contributed by atoms with Crippen LogP contribution in [0.3, 0.4) is 0 Å². The Labute approximate surface area is 292 Å². The number of rotatable bonds is 10. The summed E-state index contributed by atoms with van der Waals surface area (Å²) in [6, 6.07) is 22.4. The first-order chi connectivity index (χ1) is 24.3. The third-order valence-electron chi connectivity index (χ3n) is 9.14. The topological polar surface area (TPSA) is 84.8 Å². The van der Waals surface area contributed by atoms with Gasteiger partial charge in [-0.15, -0.1) is 0 Å². The molecule has 0 radical (unpaired) electrons. The van der Waals surface area contributed by atoms with Gasteiger partial charge in [0, 0.05) is 55.0 Å². The number of aromatic nitrogens is 3. The Morgan fingerprint density at radius 1 is 0.940 bits per heavy atom. The van der Waals surface area contributed by atoms with Crippen molar-refractivity contribution in [2.75, 3.05) is 54.5 Å². The molecule has 2 atom stereocenters. The van der Waals surface area contributed by atoms with Crippen molar-refractivity contribution < 1.29 is 27.4 Å². The minimum atomic E-state index is -1.07. The number of anilines is 3. The normalized spacial score (nSPS) is 19.1. The molecule has 2 aliphatic rings. The van der Waals surface area contributed by atoms with E-state index in [0.29, 0.717) is 66.9 Å². The Morgan fingerprint density at radius 2 is 1.70 bits per heavy atom. The van der Waals surface area contributed by atoms with Gasteiger partial charge in [0.05, 0.1) is 36.2 Å². The number of nitrogens with zero attached hydrogens (tertiary/aromatic N) is 5. The Bertz CT molecular complexity index is 1960. The Kier molecular flexibility index (Phi) is 9.64. The van der Waals surface area contributed by atoms with E-state index in [0.717, 1.165) is 11.8 Å². The number of piperazine rings is 1. The van der Waals surface area contributed by atoms with Gasteiger partial charge in [-0.1, -0.05) is 35.9 Å². The van der Waals surface area contributed by atoms with Crippen molar-refractivity contribution in [2.24, 2.45) is 5.92 Å². The summed E-state index contributed by atoms with van der Waals surface area (Å²) in [5.41, 5.74) is 1.79. The molecule has 9 nitrogen and oxygen atoms in total. The minimum Gasteiger partial charge on any atom is -0.492 e. The second-order valence-corrected chi connectivity index (χ2v) is 12.9. The van der Waals surface area contributed by atoms with Crippen LogP contribution >= 0.6 is 11.6 Å². The van der Waals surface area contributed by atoms with Crippen LogP contribution in [0, 0.1) is 23.4 Å². The second kappa shape index (κ2) is 14.4. The van der Waals surface area contributed by atoms with Crippen molar-refractivity contribution in [2.45, 2.75) is 18.6 Å². The maximum absolute atomic E-state index is 15.0. The first-order valence-electron chi connectivity index (χ1n) is 16.3. The smallest absolute Gasteiger partial charge is 0.255 e. The van der Waals surface area contributed by atoms with Gasteiger partial charge in [0.1, 0.15) is 41.5 Å². The lowest BCUT2D eigenvalue weighted by Crippen LogP contribution is -2.46. The monoisotopic (exact) mass is 702 g/mol. The molecule has 7 rings (SSSR count). The van der Waals surface area contributed by atoms with E-state index in [4.69, 9.17) is 21.1 Å². The third kappa shape index (κ3) is 7.26. The summed E-state index contributed by atoms with van der Waals surface area (Å²) in [5.74, 6) is -1.58. The molecule has 13 heteroatoms. The van der Waals surface area contributed by atoms with Gasteiger partial charge in [-0.05, 0) is 61.0 Å². The molecule has 1 aromatic heterocycles. The summed E-state index contributed by atoms with van der Waals surface area (Å²) >= 11 is 6.70. The molecule has 0 unspecified atom stereocenters. The third-order valence-corrected chi connectivity index (χ3v) is 9.43. The maximum Gasteiger partial charge on any atom is 0.255 e. The Hall–Kier alpha value is -5.07. The number of ether oxygens (including phenoxy) is 2. The zero-order valence-corrected chi connectivity index (χ0v) is 27.7. The van der Waals surface area contributed by atoms with Crippen molar-refractivity contribution in [3.05, 3.63) is 131 Å². The molecule has 0 spiro atoms. The van der Waals surface area contributed by atoms with Crippen LogP contribution in [-0.2, 0) is 16.9 Å². The lowest BCUT2D eigenvalue weighted by atomic mass is 9.87. The molecular formula is C37H34ClF3N6O3. The van der Waals surface area contributed by atoms with E-state index in [1.807, 2.05) is 24.3 Å². The molecule has 50 heavy (non-hydrogen) atoms. The van der Waals surface area contributed by atoms with E-state index in [2.05, 4.69) is 25.2 Å². The van der Waals surface area contributed by atoms with E-state index in [-0.39, 0.29) is 36.4 Å². The highest BCUT2D eigenvalue weighted by Crippen LogP contribution is 2.42. The highest BCUT2D eigenvalue weighted by molar-refractivity contribution is 6.32. The van der Waals surface area contributed by atoms with Crippen LogP contribution in [0.2, 0.25) is 5.02 Å². The molecule has 3 heterocycles. The van der Waals surface area contributed by atoms with Crippen molar-refractivity contribution in [3.8, 4) is 5.75 Å². The highest BCUT2D eigenvalue weighted by atomic mass is 35.5. The van der Waals surface area contributed by atoms with Crippen molar-refractivity contribution in [1.82, 2.24) is 14.8 Å². The van der Waals surface area contributed by atoms with Gasteiger partial charge in [0.15, 0.2) is 0 Å². The average molecular weight is 703 g/mol. The molecule has 2 aliphatic heterocycles. The number of hydrogen-bond donors (Lipinski definition) is 1. The van der Waals surface area contributed by atoms with Crippen LogP contribution < -0.4 is 19.9 Å². The highest BCUT2D eigenvalue weighted by Gasteiger charge is 2.44. The van der Waals surface area contributed by atoms with E-state index < -0.39 is 17.2 Å². The summed E-state index contributed by atoms with van der Waals surface area (Å²) in [6.45, 7) is 3.27. The average Bonchev–Trinajstić information content (AvgIpc) is 3.79. The fourth-order valence-corrected chi connectivity index (χ4v) is 6.89. The van der Waals surface area contributed by atoms with Crippen LogP contribution in [-0.4, -0.2) is 60.1 Å². The lowest BCUT2D eigenvalue weighted by Gasteiger charge is -2.38. The standard InChI is InChI=1S/C37H34ClF3N6O3/c38-31-18-29(45-12-14-46(15-13-45)34-17-28(40)7-10-33(34)44-36(48)26-4-2-1-3-5-26)8-11-35(31)49-20-25-19-37(50-21-25,22-47-24-42-23-43-47)30-9-6-27(39)16-32(30)41/h1-11,16-18,23-25H,12-15,19-22H2,(H,44,48)/t25-,37-/m0/s1. The predicted molar refractivity (Wildman–Crippen MR) is 184 cm³/mol. The number of hydrogen-bond acceptors (Lipinski definition) is 7. The summed E-state index contributed by atoms with van der Waals surface area (Å²) in [6.07, 6.45) is 3.34. The van der Waals surface area contributed by atoms with Gasteiger partial charge in [0.25, 0.3) is 5.91 Å². The van der Waals surface area contributed by atoms with E-state index in [9.17, 15) is 18.0 Å². The number of benzene rings is 4. The van der Waals surface area contributed by atoms with Gasteiger partial charge in [-0.2, -0.15) is 5.10 Å². The van der Waals surface area contributed by atoms with E-state index in [1.54, 1.807) is 35.0 Å². The zero-order valence-electron chi connectivity index (χ0n) is 26.9. The summed E-state index contributed by atoms with van der Waals surface area (Å²) in [5, 5.41) is 7.54. The molecule has 1 N–H and O–H groups in total. The largest absolute Gasteiger partial charge is 0.492 e. The molecule has 4 aromatic carbocycles. The van der Waals surface area contributed by atoms with Gasteiger partial charge >= 0.3 is 0 Å². The lowest BCUT2D eigenvalue weighted by molar-refractivity contribution is -0.0206. The predicted octanol–water partition coefficient (Wildman–Crippen LogP) is 6.94. The molecule has 258 valence electrons. The number of halogens is 4. The minimum absolute atomic E-state index is 0.100. The van der Waals surface area contributed by atoms with E-state index >= 15 is 0 Å². The summed E-state index contributed by atoms with van der Waals surface area (Å²) in [4.78, 5) is 21.1. The number of nitrogens with one attached hydrogen (secondary N) is 1. The molecule has 5 aromatic rings. The fourth-order valence-electron chi connectivity index (χ4n) is 6.66. The van der Waals surface area contributed by atoms with Crippen LogP contribution in [0.5, 0.6) is 5.75 Å². The number of amides is 1. The fraction of sp³-hybridized carbons (Fsp3) is 0.270. The maximum atomic E-state index is 15.0.